The normalized spacial score (nSPS) is 19.3. The number of nitrogens with zero attached hydrogens (tertiary/aromatic N) is 1. The summed E-state index contributed by atoms with van der Waals surface area (Å²) in [6.07, 6.45) is 2.64. The quantitative estimate of drug-likeness (QED) is 0.868. The van der Waals surface area contributed by atoms with E-state index in [0.29, 0.717) is 12.1 Å². The molecular formula is C16H21NO3S. The minimum Gasteiger partial charge on any atom is -0.384 e. The van der Waals surface area contributed by atoms with E-state index in [2.05, 4.69) is 11.8 Å². The molecule has 2 rings (SSSR count). The van der Waals surface area contributed by atoms with Crippen LogP contribution in [0.1, 0.15) is 37.3 Å². The van der Waals surface area contributed by atoms with E-state index in [1.807, 2.05) is 13.8 Å². The van der Waals surface area contributed by atoms with Gasteiger partial charge in [0.2, 0.25) is 10.0 Å². The Morgan fingerprint density at radius 3 is 2.86 bits per heavy atom. The minimum absolute atomic E-state index is 0.0787. The SMILES string of the molecule is CCC1CCCN1S(=O)(=O)c1ccc(C)cc1C#CCO. The lowest BCUT2D eigenvalue weighted by Gasteiger charge is -2.23. The molecule has 0 aliphatic carbocycles. The van der Waals surface area contributed by atoms with Crippen molar-refractivity contribution in [3.8, 4) is 11.8 Å². The van der Waals surface area contributed by atoms with Gasteiger partial charge < -0.3 is 5.11 Å². The van der Waals surface area contributed by atoms with Crippen molar-refractivity contribution in [2.24, 2.45) is 0 Å². The average molecular weight is 307 g/mol. The minimum atomic E-state index is -3.53. The zero-order valence-corrected chi connectivity index (χ0v) is 13.3. The average Bonchev–Trinajstić information content (AvgIpc) is 2.94. The Bertz CT molecular complexity index is 670. The maximum atomic E-state index is 12.9. The van der Waals surface area contributed by atoms with Crippen LogP contribution in [0.25, 0.3) is 0 Å². The molecule has 1 heterocycles. The maximum Gasteiger partial charge on any atom is 0.244 e. The van der Waals surface area contributed by atoms with Crippen LogP contribution in [0.3, 0.4) is 0 Å². The molecule has 1 aliphatic rings. The summed E-state index contributed by atoms with van der Waals surface area (Å²) in [7, 11) is -3.53. The second-order valence-corrected chi connectivity index (χ2v) is 7.14. The maximum absolute atomic E-state index is 12.9. The number of hydrogen-bond donors (Lipinski definition) is 1. The van der Waals surface area contributed by atoms with Gasteiger partial charge in [0.15, 0.2) is 0 Å². The summed E-state index contributed by atoms with van der Waals surface area (Å²) in [5, 5.41) is 8.85. The molecule has 1 atom stereocenters. The van der Waals surface area contributed by atoms with Gasteiger partial charge in [-0.25, -0.2) is 8.42 Å². The fourth-order valence-corrected chi connectivity index (χ4v) is 4.66. The summed E-state index contributed by atoms with van der Waals surface area (Å²) in [6, 6.07) is 5.24. The number of aliphatic hydroxyl groups excluding tert-OH is 1. The zero-order valence-electron chi connectivity index (χ0n) is 12.5. The molecule has 0 radical (unpaired) electrons. The van der Waals surface area contributed by atoms with Crippen LogP contribution in [0.5, 0.6) is 0 Å². The Hall–Kier alpha value is -1.35. The molecular weight excluding hydrogens is 286 g/mol. The van der Waals surface area contributed by atoms with Crippen LogP contribution in [0.15, 0.2) is 23.1 Å². The van der Waals surface area contributed by atoms with E-state index in [4.69, 9.17) is 5.11 Å². The van der Waals surface area contributed by atoms with Crippen molar-refractivity contribution in [1.29, 1.82) is 0 Å². The van der Waals surface area contributed by atoms with Crippen molar-refractivity contribution in [3.63, 3.8) is 0 Å². The van der Waals surface area contributed by atoms with Crippen LogP contribution in [0.2, 0.25) is 0 Å². The molecule has 0 spiro atoms. The van der Waals surface area contributed by atoms with Crippen molar-refractivity contribution in [1.82, 2.24) is 4.31 Å². The second-order valence-electron chi connectivity index (χ2n) is 5.28. The van der Waals surface area contributed by atoms with E-state index in [1.165, 1.54) is 0 Å². The molecule has 1 N–H and O–H groups in total. The number of aliphatic hydroxyl groups is 1. The van der Waals surface area contributed by atoms with Gasteiger partial charge >= 0.3 is 0 Å². The largest absolute Gasteiger partial charge is 0.384 e. The Kier molecular flexibility index (Phi) is 5.04. The molecule has 1 fully saturated rings. The predicted octanol–water partition coefficient (Wildman–Crippen LogP) is 1.90. The fraction of sp³-hybridized carbons (Fsp3) is 0.500. The topological polar surface area (TPSA) is 57.6 Å². The molecule has 0 bridgehead atoms. The smallest absolute Gasteiger partial charge is 0.244 e. The number of benzene rings is 1. The van der Waals surface area contributed by atoms with Gasteiger partial charge in [0.25, 0.3) is 0 Å². The van der Waals surface area contributed by atoms with Crippen molar-refractivity contribution >= 4 is 10.0 Å². The number of sulfonamides is 1. The molecule has 0 saturated carbocycles. The van der Waals surface area contributed by atoms with Crippen LogP contribution in [-0.4, -0.2) is 37.0 Å². The number of rotatable bonds is 3. The van der Waals surface area contributed by atoms with E-state index in [1.54, 1.807) is 22.5 Å². The Morgan fingerprint density at radius 2 is 2.19 bits per heavy atom. The van der Waals surface area contributed by atoms with Crippen molar-refractivity contribution in [2.45, 2.75) is 44.0 Å². The lowest BCUT2D eigenvalue weighted by atomic mass is 10.1. The molecule has 1 aliphatic heterocycles. The molecule has 0 aromatic heterocycles. The van der Waals surface area contributed by atoms with Gasteiger partial charge in [-0.3, -0.25) is 0 Å². The van der Waals surface area contributed by atoms with E-state index in [-0.39, 0.29) is 17.5 Å². The predicted molar refractivity (Wildman–Crippen MR) is 82.3 cm³/mol. The first-order valence-electron chi connectivity index (χ1n) is 7.23. The van der Waals surface area contributed by atoms with E-state index >= 15 is 0 Å². The van der Waals surface area contributed by atoms with Crippen LogP contribution in [-0.2, 0) is 10.0 Å². The van der Waals surface area contributed by atoms with Gasteiger partial charge in [-0.15, -0.1) is 0 Å². The van der Waals surface area contributed by atoms with Gasteiger partial charge in [0, 0.05) is 18.2 Å². The van der Waals surface area contributed by atoms with Gasteiger partial charge in [-0.05, 0) is 43.9 Å². The second kappa shape index (κ2) is 6.61. The third kappa shape index (κ3) is 3.29. The Balaban J connectivity index is 2.49. The Morgan fingerprint density at radius 1 is 1.43 bits per heavy atom. The molecule has 1 saturated heterocycles. The molecule has 114 valence electrons. The highest BCUT2D eigenvalue weighted by molar-refractivity contribution is 7.89. The van der Waals surface area contributed by atoms with Gasteiger partial charge in [0.05, 0.1) is 4.90 Å². The fourth-order valence-electron chi connectivity index (χ4n) is 2.76. The number of hydrogen-bond acceptors (Lipinski definition) is 3. The van der Waals surface area contributed by atoms with Crippen molar-refractivity contribution in [2.75, 3.05) is 13.2 Å². The molecule has 1 unspecified atom stereocenters. The summed E-state index contributed by atoms with van der Waals surface area (Å²) in [6.45, 7) is 4.20. The molecule has 21 heavy (non-hydrogen) atoms. The van der Waals surface area contributed by atoms with Gasteiger partial charge in [0.1, 0.15) is 6.61 Å². The molecule has 5 heteroatoms. The van der Waals surface area contributed by atoms with Gasteiger partial charge in [-0.1, -0.05) is 24.8 Å². The van der Waals surface area contributed by atoms with Crippen molar-refractivity contribution in [3.05, 3.63) is 29.3 Å². The summed E-state index contributed by atoms with van der Waals surface area (Å²) in [5.74, 6) is 5.30. The summed E-state index contributed by atoms with van der Waals surface area (Å²) >= 11 is 0. The lowest BCUT2D eigenvalue weighted by molar-refractivity contribution is 0.350. The summed E-state index contributed by atoms with van der Waals surface area (Å²) < 4.78 is 27.4. The van der Waals surface area contributed by atoms with Crippen LogP contribution in [0.4, 0.5) is 0 Å². The summed E-state index contributed by atoms with van der Waals surface area (Å²) in [4.78, 5) is 0.245. The van der Waals surface area contributed by atoms with Gasteiger partial charge in [-0.2, -0.15) is 4.31 Å². The van der Waals surface area contributed by atoms with Crippen molar-refractivity contribution < 1.29 is 13.5 Å². The van der Waals surface area contributed by atoms with Crippen LogP contribution < -0.4 is 0 Å². The van der Waals surface area contributed by atoms with Crippen LogP contribution >= 0.6 is 0 Å². The first-order chi connectivity index (χ1) is 10.0. The zero-order chi connectivity index (χ0) is 15.5. The molecule has 1 aromatic rings. The standard InChI is InChI=1S/C16H21NO3S/c1-3-15-7-4-10-17(15)21(19,20)16-9-8-13(2)12-14(16)6-5-11-18/h8-9,12,15,18H,3-4,7,10-11H2,1-2H3. The molecule has 4 nitrogen and oxygen atoms in total. The third-order valence-corrected chi connectivity index (χ3v) is 5.83. The number of aryl methyl sites for hydroxylation is 1. The van der Waals surface area contributed by atoms with Crippen LogP contribution in [0, 0.1) is 18.8 Å². The van der Waals surface area contributed by atoms with E-state index in [9.17, 15) is 8.42 Å². The van der Waals surface area contributed by atoms with E-state index in [0.717, 1.165) is 24.8 Å². The first kappa shape index (κ1) is 16.0. The highest BCUT2D eigenvalue weighted by atomic mass is 32.2. The third-order valence-electron chi connectivity index (χ3n) is 3.82. The van der Waals surface area contributed by atoms with E-state index < -0.39 is 10.0 Å². The lowest BCUT2D eigenvalue weighted by Crippen LogP contribution is -2.35. The molecule has 1 aromatic carbocycles. The first-order valence-corrected chi connectivity index (χ1v) is 8.67. The highest BCUT2D eigenvalue weighted by Gasteiger charge is 2.35. The highest BCUT2D eigenvalue weighted by Crippen LogP contribution is 2.29. The molecule has 0 amide bonds. The summed E-state index contributed by atoms with van der Waals surface area (Å²) in [5.41, 5.74) is 1.41. The monoisotopic (exact) mass is 307 g/mol. The Labute approximate surface area is 126 Å².